The van der Waals surface area contributed by atoms with E-state index >= 15 is 0 Å². The van der Waals surface area contributed by atoms with E-state index in [0.717, 1.165) is 116 Å². The first-order valence-corrected chi connectivity index (χ1v) is 20.6. The van der Waals surface area contributed by atoms with Crippen LogP contribution in [0.1, 0.15) is 0 Å². The molecule has 0 amide bonds. The first-order chi connectivity index (χ1) is 30.2. The van der Waals surface area contributed by atoms with Gasteiger partial charge in [-0.3, -0.25) is 0 Å². The largest absolute Gasteiger partial charge is 0.456 e. The number of hydrogen-bond acceptors (Lipinski definition) is 5. The average Bonchev–Trinajstić information content (AvgIpc) is 4.01. The molecule has 0 saturated carbocycles. The molecule has 10 aromatic carbocycles. The summed E-state index contributed by atoms with van der Waals surface area (Å²) in [5.74, 6) is 0. The molecular formula is C56H34N2O3. The van der Waals surface area contributed by atoms with Gasteiger partial charge in [0.05, 0.1) is 0 Å². The molecule has 13 aromatic rings. The highest BCUT2D eigenvalue weighted by Crippen LogP contribution is 2.46. The second-order valence-electron chi connectivity index (χ2n) is 15.7. The number of rotatable bonds is 6. The van der Waals surface area contributed by atoms with E-state index in [4.69, 9.17) is 13.3 Å². The van der Waals surface area contributed by atoms with Crippen molar-refractivity contribution in [1.29, 1.82) is 0 Å². The Bertz CT molecular complexity index is 3840. The maximum atomic E-state index is 7.04. The first-order valence-electron chi connectivity index (χ1n) is 20.6. The summed E-state index contributed by atoms with van der Waals surface area (Å²) in [5, 5.41) is 11.1. The number of benzene rings is 10. The Hall–Kier alpha value is -8.28. The van der Waals surface area contributed by atoms with Gasteiger partial charge in [-0.15, -0.1) is 0 Å². The molecule has 3 aromatic heterocycles. The van der Waals surface area contributed by atoms with E-state index in [1.807, 2.05) is 24.3 Å². The van der Waals surface area contributed by atoms with Gasteiger partial charge < -0.3 is 23.1 Å². The number of anilines is 6. The number of para-hydroxylation sites is 4. The predicted octanol–water partition coefficient (Wildman–Crippen LogP) is 16.6. The van der Waals surface area contributed by atoms with Gasteiger partial charge in [-0.05, 0) is 119 Å². The molecule has 0 radical (unpaired) electrons. The lowest BCUT2D eigenvalue weighted by atomic mass is 9.96. The molecule has 61 heavy (non-hydrogen) atoms. The van der Waals surface area contributed by atoms with Gasteiger partial charge in [-0.1, -0.05) is 97.1 Å². The second-order valence-corrected chi connectivity index (χ2v) is 15.7. The monoisotopic (exact) mass is 782 g/mol. The molecule has 5 heteroatoms. The number of hydrogen-bond donors (Lipinski definition) is 0. The van der Waals surface area contributed by atoms with Crippen molar-refractivity contribution in [2.24, 2.45) is 0 Å². The summed E-state index contributed by atoms with van der Waals surface area (Å²) in [7, 11) is 0. The SMILES string of the molecule is c1ccc(N(c2ccc3c(c2)oc2c4ccc(N(c5ccccc5)c5ccc6oc7ccccc7c6c5)cc4c4ccccc4c32)c2ccc3oc4ccccc4c3c2)cc1. The average molecular weight is 783 g/mol. The number of nitrogens with zero attached hydrogens (tertiary/aromatic N) is 2. The molecule has 0 fully saturated rings. The van der Waals surface area contributed by atoms with Crippen molar-refractivity contribution >= 4 is 121 Å². The second kappa shape index (κ2) is 13.1. The Kier molecular flexibility index (Phi) is 7.24. The zero-order chi connectivity index (χ0) is 40.0. The summed E-state index contributed by atoms with van der Waals surface area (Å²) in [6, 6.07) is 72.5. The molecule has 0 bridgehead atoms. The lowest BCUT2D eigenvalue weighted by Gasteiger charge is -2.26. The van der Waals surface area contributed by atoms with Crippen LogP contribution in [0.5, 0.6) is 0 Å². The smallest absolute Gasteiger partial charge is 0.143 e. The van der Waals surface area contributed by atoms with Crippen LogP contribution in [0.25, 0.3) is 87.4 Å². The third-order valence-corrected chi connectivity index (χ3v) is 12.2. The molecule has 3 heterocycles. The molecule has 0 aliphatic rings. The van der Waals surface area contributed by atoms with Crippen molar-refractivity contribution in [3.8, 4) is 0 Å². The highest BCUT2D eigenvalue weighted by Gasteiger charge is 2.22. The zero-order valence-electron chi connectivity index (χ0n) is 32.7. The molecule has 0 saturated heterocycles. The van der Waals surface area contributed by atoms with E-state index in [0.29, 0.717) is 0 Å². The molecule has 0 atom stereocenters. The topological polar surface area (TPSA) is 45.9 Å². The van der Waals surface area contributed by atoms with Crippen molar-refractivity contribution < 1.29 is 13.3 Å². The van der Waals surface area contributed by atoms with Crippen LogP contribution in [0.4, 0.5) is 34.1 Å². The van der Waals surface area contributed by atoms with Gasteiger partial charge in [-0.2, -0.15) is 0 Å². The molecule has 0 aliphatic heterocycles. The summed E-state index contributed by atoms with van der Waals surface area (Å²) in [6.07, 6.45) is 0. The van der Waals surface area contributed by atoms with Gasteiger partial charge in [0, 0.05) is 77.9 Å². The summed E-state index contributed by atoms with van der Waals surface area (Å²) >= 11 is 0. The molecule has 0 spiro atoms. The highest BCUT2D eigenvalue weighted by molar-refractivity contribution is 6.30. The van der Waals surface area contributed by atoms with Crippen molar-refractivity contribution in [2.45, 2.75) is 0 Å². The fourth-order valence-corrected chi connectivity index (χ4v) is 9.46. The molecule has 5 nitrogen and oxygen atoms in total. The zero-order valence-corrected chi connectivity index (χ0v) is 32.7. The Morgan fingerprint density at radius 2 is 0.656 bits per heavy atom. The summed E-state index contributed by atoms with van der Waals surface area (Å²) in [4.78, 5) is 4.62. The maximum Gasteiger partial charge on any atom is 0.143 e. The van der Waals surface area contributed by atoms with E-state index in [-0.39, 0.29) is 0 Å². The van der Waals surface area contributed by atoms with Crippen LogP contribution in [0, 0.1) is 0 Å². The molecule has 286 valence electrons. The van der Waals surface area contributed by atoms with Gasteiger partial charge in [0.1, 0.15) is 33.5 Å². The van der Waals surface area contributed by atoms with Gasteiger partial charge >= 0.3 is 0 Å². The van der Waals surface area contributed by atoms with Crippen LogP contribution in [0.15, 0.2) is 220 Å². The van der Waals surface area contributed by atoms with Crippen LogP contribution in [0.2, 0.25) is 0 Å². The van der Waals surface area contributed by atoms with Crippen LogP contribution >= 0.6 is 0 Å². The van der Waals surface area contributed by atoms with Crippen LogP contribution < -0.4 is 9.80 Å². The van der Waals surface area contributed by atoms with E-state index < -0.39 is 0 Å². The van der Waals surface area contributed by atoms with Crippen molar-refractivity contribution in [3.05, 3.63) is 206 Å². The molecule has 0 aliphatic carbocycles. The minimum atomic E-state index is 0.830. The molecular weight excluding hydrogens is 749 g/mol. The summed E-state index contributed by atoms with van der Waals surface area (Å²) < 4.78 is 19.5. The fourth-order valence-electron chi connectivity index (χ4n) is 9.46. The molecule has 0 N–H and O–H groups in total. The van der Waals surface area contributed by atoms with Gasteiger partial charge in [0.2, 0.25) is 0 Å². The lowest BCUT2D eigenvalue weighted by Crippen LogP contribution is -2.09. The number of fused-ring (bicyclic) bond motifs is 14. The normalized spacial score (nSPS) is 11.9. The molecule has 13 rings (SSSR count). The molecule has 0 unspecified atom stereocenters. The van der Waals surface area contributed by atoms with E-state index in [2.05, 4.69) is 192 Å². The summed E-state index contributed by atoms with van der Waals surface area (Å²) in [5.41, 5.74) is 11.5. The van der Waals surface area contributed by atoms with E-state index in [9.17, 15) is 0 Å². The van der Waals surface area contributed by atoms with Crippen molar-refractivity contribution in [2.75, 3.05) is 9.80 Å². The van der Waals surface area contributed by atoms with Crippen LogP contribution in [-0.4, -0.2) is 0 Å². The Labute approximate surface area is 349 Å². The highest BCUT2D eigenvalue weighted by atomic mass is 16.3. The minimum absolute atomic E-state index is 0.830. The van der Waals surface area contributed by atoms with E-state index in [1.165, 1.54) is 5.39 Å². The predicted molar refractivity (Wildman–Crippen MR) is 253 cm³/mol. The number of furan rings is 3. The van der Waals surface area contributed by atoms with Crippen molar-refractivity contribution in [3.63, 3.8) is 0 Å². The lowest BCUT2D eigenvalue weighted by molar-refractivity contribution is 0.668. The Morgan fingerprint density at radius 1 is 0.230 bits per heavy atom. The third kappa shape index (κ3) is 5.21. The Balaban J connectivity index is 0.999. The van der Waals surface area contributed by atoms with Crippen LogP contribution in [0.3, 0.4) is 0 Å². The van der Waals surface area contributed by atoms with Gasteiger partial charge in [0.15, 0.2) is 0 Å². The maximum absolute atomic E-state index is 7.04. The fraction of sp³-hybridized carbons (Fsp3) is 0. The van der Waals surface area contributed by atoms with Gasteiger partial charge in [-0.25, -0.2) is 0 Å². The Morgan fingerprint density at radius 3 is 1.23 bits per heavy atom. The van der Waals surface area contributed by atoms with E-state index in [1.54, 1.807) is 0 Å². The third-order valence-electron chi connectivity index (χ3n) is 12.2. The first kappa shape index (κ1) is 33.7. The standard InChI is InChI=1S/C56H34N2O3/c1-3-13-35(14-4-1)57(38-25-29-52-48(32-38)42-18-9-11-21-50(42)59-52)37-23-27-45-47(31-37)41-17-7-8-20-44(41)55-46-28-24-40(34-54(46)61-56(45)55)58(36-15-5-2-6-16-36)39-26-30-53-49(33-39)43-19-10-12-22-51(43)60-53/h1-34H. The minimum Gasteiger partial charge on any atom is -0.456 e. The van der Waals surface area contributed by atoms with Crippen LogP contribution in [-0.2, 0) is 0 Å². The summed E-state index contributed by atoms with van der Waals surface area (Å²) in [6.45, 7) is 0. The van der Waals surface area contributed by atoms with Crippen molar-refractivity contribution in [1.82, 2.24) is 0 Å². The quantitative estimate of drug-likeness (QED) is 0.157. The van der Waals surface area contributed by atoms with Gasteiger partial charge in [0.25, 0.3) is 0 Å².